The second-order valence-corrected chi connectivity index (χ2v) is 6.03. The van der Waals surface area contributed by atoms with Gasteiger partial charge in [0.25, 0.3) is 11.8 Å². The molecule has 13 heteroatoms. The average molecular weight is 469 g/mol. The molecular formula is C15H7BrF6N4O2. The lowest BCUT2D eigenvalue weighted by Crippen LogP contribution is -2.28. The Balaban J connectivity index is 1.88. The second kappa shape index (κ2) is 7.73. The number of hydrogen-bond acceptors (Lipinski definition) is 6. The van der Waals surface area contributed by atoms with Crippen molar-refractivity contribution in [3.8, 4) is 17.5 Å². The molecule has 0 aliphatic carbocycles. The lowest BCUT2D eigenvalue weighted by atomic mass is 10.1. The van der Waals surface area contributed by atoms with Crippen molar-refractivity contribution in [1.82, 2.24) is 20.2 Å². The van der Waals surface area contributed by atoms with Gasteiger partial charge in [-0.15, -0.1) is 10.2 Å². The van der Waals surface area contributed by atoms with Gasteiger partial charge in [-0.3, -0.25) is 0 Å². The molecule has 0 radical (unpaired) electrons. The molecule has 6 nitrogen and oxygen atoms in total. The summed E-state index contributed by atoms with van der Waals surface area (Å²) in [6.07, 6.45) is -8.78. The molecule has 3 rings (SSSR count). The predicted molar refractivity (Wildman–Crippen MR) is 83.8 cm³/mol. The smallest absolute Gasteiger partial charge is 0.430 e. The van der Waals surface area contributed by atoms with Gasteiger partial charge in [0.1, 0.15) is 5.82 Å². The third-order valence-electron chi connectivity index (χ3n) is 3.28. The fraction of sp³-hybridized carbons (Fsp3) is 0.200. The van der Waals surface area contributed by atoms with E-state index in [9.17, 15) is 26.3 Å². The zero-order chi connectivity index (χ0) is 20.5. The third kappa shape index (κ3) is 4.24. The van der Waals surface area contributed by atoms with E-state index in [4.69, 9.17) is 4.74 Å². The molecule has 1 unspecified atom stereocenters. The number of aromatic nitrogens is 4. The molecule has 0 amide bonds. The van der Waals surface area contributed by atoms with Crippen LogP contribution in [0, 0.1) is 5.82 Å². The van der Waals surface area contributed by atoms with Crippen LogP contribution in [-0.4, -0.2) is 26.3 Å². The highest BCUT2D eigenvalue weighted by molar-refractivity contribution is 9.10. The summed E-state index contributed by atoms with van der Waals surface area (Å²) < 4.78 is 88.3. The normalized spacial score (nSPS) is 13.0. The molecule has 2 heterocycles. The van der Waals surface area contributed by atoms with E-state index < -0.39 is 42.0 Å². The summed E-state index contributed by atoms with van der Waals surface area (Å²) in [5, 5.41) is 6.46. The first-order valence-electron chi connectivity index (χ1n) is 7.28. The monoisotopic (exact) mass is 468 g/mol. The molecule has 28 heavy (non-hydrogen) atoms. The van der Waals surface area contributed by atoms with Crippen molar-refractivity contribution in [3.05, 3.63) is 52.3 Å². The zero-order valence-electron chi connectivity index (χ0n) is 13.3. The number of rotatable bonds is 5. The Labute approximate surface area is 160 Å². The minimum Gasteiger partial charge on any atom is -0.445 e. The maximum atomic E-state index is 13.9. The summed E-state index contributed by atoms with van der Waals surface area (Å²) in [5.41, 5.74) is -0.802. The number of nitrogens with zero attached hydrogens (tertiary/aromatic N) is 4. The van der Waals surface area contributed by atoms with Crippen LogP contribution in [0.5, 0.6) is 6.01 Å². The van der Waals surface area contributed by atoms with Crippen molar-refractivity contribution >= 4 is 15.9 Å². The van der Waals surface area contributed by atoms with Crippen LogP contribution in [0.25, 0.3) is 11.5 Å². The quantitative estimate of drug-likeness (QED) is 0.488. The largest absolute Gasteiger partial charge is 0.445 e. The Hall–Kier alpha value is -2.70. The molecule has 0 saturated carbocycles. The Morgan fingerprint density at radius 1 is 1.07 bits per heavy atom. The van der Waals surface area contributed by atoms with E-state index >= 15 is 0 Å². The molecule has 2 aromatic heterocycles. The van der Waals surface area contributed by atoms with Gasteiger partial charge in [-0.05, 0) is 12.1 Å². The molecule has 1 atom stereocenters. The molecule has 0 N–H and O–H groups in total. The van der Waals surface area contributed by atoms with Crippen LogP contribution >= 0.6 is 15.9 Å². The van der Waals surface area contributed by atoms with Crippen LogP contribution in [0.15, 0.2) is 39.5 Å². The SMILES string of the molecule is Fc1cccc(Br)c1C(Oc1ncc(-c2nnc(C(F)F)o2)cn1)C(F)(F)F. The molecule has 0 aliphatic heterocycles. The molecule has 0 bridgehead atoms. The first-order valence-corrected chi connectivity index (χ1v) is 8.07. The number of hydrogen-bond donors (Lipinski definition) is 0. The second-order valence-electron chi connectivity index (χ2n) is 5.18. The van der Waals surface area contributed by atoms with Crippen LogP contribution in [0.4, 0.5) is 26.3 Å². The van der Waals surface area contributed by atoms with Gasteiger partial charge in [-0.25, -0.2) is 14.4 Å². The molecule has 1 aromatic carbocycles. The number of ether oxygens (including phenoxy) is 1. The van der Waals surface area contributed by atoms with Crippen molar-refractivity contribution < 1.29 is 35.5 Å². The maximum absolute atomic E-state index is 13.9. The van der Waals surface area contributed by atoms with Crippen LogP contribution in [0.3, 0.4) is 0 Å². The molecule has 0 spiro atoms. The highest BCUT2D eigenvalue weighted by atomic mass is 79.9. The molecule has 0 fully saturated rings. The van der Waals surface area contributed by atoms with Gasteiger partial charge >= 0.3 is 18.6 Å². The molecular weight excluding hydrogens is 462 g/mol. The fourth-order valence-electron chi connectivity index (χ4n) is 2.08. The minimum absolute atomic E-state index is 0.0256. The average Bonchev–Trinajstić information content (AvgIpc) is 3.11. The summed E-state index contributed by atoms with van der Waals surface area (Å²) in [7, 11) is 0. The lowest BCUT2D eigenvalue weighted by Gasteiger charge is -2.22. The summed E-state index contributed by atoms with van der Waals surface area (Å²) >= 11 is 2.86. The van der Waals surface area contributed by atoms with E-state index in [1.54, 1.807) is 0 Å². The van der Waals surface area contributed by atoms with Gasteiger partial charge in [-0.1, -0.05) is 22.0 Å². The standard InChI is InChI=1S/C15H7BrF6N4O2/c16-7-2-1-3-8(17)9(7)10(15(20,21)22)27-14-23-4-6(5-24-14)12-25-26-13(28-12)11(18)19/h1-5,10-11H. The summed E-state index contributed by atoms with van der Waals surface area (Å²) in [5.74, 6) is -2.43. The molecule has 3 aromatic rings. The summed E-state index contributed by atoms with van der Waals surface area (Å²) in [6.45, 7) is 0. The Morgan fingerprint density at radius 2 is 1.75 bits per heavy atom. The van der Waals surface area contributed by atoms with Crippen molar-refractivity contribution in [3.63, 3.8) is 0 Å². The van der Waals surface area contributed by atoms with Crippen molar-refractivity contribution in [1.29, 1.82) is 0 Å². The maximum Gasteiger partial charge on any atom is 0.430 e. The van der Waals surface area contributed by atoms with E-state index in [1.807, 2.05) is 0 Å². The zero-order valence-corrected chi connectivity index (χ0v) is 14.9. The summed E-state index contributed by atoms with van der Waals surface area (Å²) in [4.78, 5) is 7.12. The van der Waals surface area contributed by atoms with E-state index in [2.05, 4.69) is 40.5 Å². The molecule has 0 aliphatic rings. The van der Waals surface area contributed by atoms with Gasteiger partial charge in [0.2, 0.25) is 6.10 Å². The Kier molecular flexibility index (Phi) is 5.54. The van der Waals surface area contributed by atoms with Gasteiger partial charge in [0.15, 0.2) is 0 Å². The first-order chi connectivity index (χ1) is 13.2. The van der Waals surface area contributed by atoms with E-state index in [0.717, 1.165) is 18.5 Å². The summed E-state index contributed by atoms with van der Waals surface area (Å²) in [6, 6.07) is 2.57. The lowest BCUT2D eigenvalue weighted by molar-refractivity contribution is -0.200. The first kappa shape index (κ1) is 20.0. The highest BCUT2D eigenvalue weighted by Crippen LogP contribution is 2.40. The van der Waals surface area contributed by atoms with Gasteiger partial charge < -0.3 is 9.15 Å². The fourth-order valence-corrected chi connectivity index (χ4v) is 2.63. The third-order valence-corrected chi connectivity index (χ3v) is 3.98. The number of benzene rings is 1. The van der Waals surface area contributed by atoms with Crippen LogP contribution in [-0.2, 0) is 0 Å². The van der Waals surface area contributed by atoms with E-state index in [1.165, 1.54) is 12.1 Å². The van der Waals surface area contributed by atoms with Gasteiger partial charge in [0, 0.05) is 16.9 Å². The Bertz CT molecular complexity index is 944. The molecule has 0 saturated heterocycles. The van der Waals surface area contributed by atoms with Crippen LogP contribution in [0.1, 0.15) is 24.0 Å². The van der Waals surface area contributed by atoms with E-state index in [-0.39, 0.29) is 15.9 Å². The van der Waals surface area contributed by atoms with Gasteiger partial charge in [0.05, 0.1) is 11.1 Å². The highest BCUT2D eigenvalue weighted by Gasteiger charge is 2.46. The topological polar surface area (TPSA) is 73.9 Å². The minimum atomic E-state index is -4.98. The number of alkyl halides is 5. The van der Waals surface area contributed by atoms with Crippen molar-refractivity contribution in [2.45, 2.75) is 18.7 Å². The van der Waals surface area contributed by atoms with Crippen molar-refractivity contribution in [2.24, 2.45) is 0 Å². The van der Waals surface area contributed by atoms with Crippen molar-refractivity contribution in [2.75, 3.05) is 0 Å². The van der Waals surface area contributed by atoms with Gasteiger partial charge in [-0.2, -0.15) is 22.0 Å². The van der Waals surface area contributed by atoms with Crippen LogP contribution < -0.4 is 4.74 Å². The Morgan fingerprint density at radius 3 is 2.29 bits per heavy atom. The van der Waals surface area contributed by atoms with Crippen LogP contribution in [0.2, 0.25) is 0 Å². The predicted octanol–water partition coefficient (Wildman–Crippen LogP) is 5.05. The van der Waals surface area contributed by atoms with E-state index in [0.29, 0.717) is 0 Å². The number of halogens is 7. The molecule has 148 valence electrons.